The van der Waals surface area contributed by atoms with Gasteiger partial charge in [-0.05, 0) is 69.8 Å². The second-order valence-electron chi connectivity index (χ2n) is 11.6. The number of pyridine rings is 1. The van der Waals surface area contributed by atoms with Gasteiger partial charge in [0.15, 0.2) is 11.5 Å². The molecule has 1 aliphatic heterocycles. The summed E-state index contributed by atoms with van der Waals surface area (Å²) in [4.78, 5) is 29.4. The van der Waals surface area contributed by atoms with E-state index in [4.69, 9.17) is 21.1 Å². The number of rotatable bonds is 7. The first kappa shape index (κ1) is 27.4. The summed E-state index contributed by atoms with van der Waals surface area (Å²) in [6.45, 7) is 10.2. The molecule has 9 heteroatoms. The number of aromatic amines is 1. The number of hydrogen-bond acceptors (Lipinski definition) is 6. The minimum Gasteiger partial charge on any atom is -0.448 e. The van der Waals surface area contributed by atoms with Gasteiger partial charge in [0.1, 0.15) is 0 Å². The van der Waals surface area contributed by atoms with Crippen molar-refractivity contribution in [2.24, 2.45) is 17.8 Å². The van der Waals surface area contributed by atoms with Crippen LogP contribution in [0.1, 0.15) is 73.6 Å². The standard InChI is InChI=1S/C29H38ClN3O4S/c1-14(2)32-20-10-17-8-19(9-18(17)11-20)29(5)36-25-16(4)21(12-23(30)26(25)37-29)27(34)31-13-22-24(38-6)7-15(3)33-28(22)35/h7,12,14,17-20,32H,8-11,13H2,1-6H3,(H,31,34)(H,33,35). The summed E-state index contributed by atoms with van der Waals surface area (Å²) in [5.74, 6) is 1.56. The van der Waals surface area contributed by atoms with Crippen LogP contribution in [0.15, 0.2) is 21.8 Å². The first-order valence-electron chi connectivity index (χ1n) is 13.5. The second-order valence-corrected chi connectivity index (χ2v) is 12.9. The Kier molecular flexibility index (Phi) is 7.52. The number of thioether (sulfide) groups is 1. The Morgan fingerprint density at radius 3 is 2.45 bits per heavy atom. The summed E-state index contributed by atoms with van der Waals surface area (Å²) in [6.07, 6.45) is 6.45. The number of amides is 1. The summed E-state index contributed by atoms with van der Waals surface area (Å²) >= 11 is 8.12. The molecule has 5 rings (SSSR count). The van der Waals surface area contributed by atoms with E-state index in [2.05, 4.69) is 29.5 Å². The molecule has 3 N–H and O–H groups in total. The third-order valence-electron chi connectivity index (χ3n) is 8.49. The van der Waals surface area contributed by atoms with Gasteiger partial charge in [-0.2, -0.15) is 0 Å². The first-order chi connectivity index (χ1) is 18.0. The molecule has 2 heterocycles. The fourth-order valence-corrected chi connectivity index (χ4v) is 7.64. The van der Waals surface area contributed by atoms with Gasteiger partial charge in [-0.1, -0.05) is 25.4 Å². The predicted molar refractivity (Wildman–Crippen MR) is 152 cm³/mol. The molecule has 2 fully saturated rings. The van der Waals surface area contributed by atoms with Gasteiger partial charge in [0.25, 0.3) is 17.3 Å². The highest BCUT2D eigenvalue weighted by molar-refractivity contribution is 7.98. The van der Waals surface area contributed by atoms with Crippen molar-refractivity contribution in [1.82, 2.24) is 15.6 Å². The smallest absolute Gasteiger partial charge is 0.254 e. The zero-order valence-corrected chi connectivity index (χ0v) is 24.6. The van der Waals surface area contributed by atoms with Crippen LogP contribution in [-0.2, 0) is 6.54 Å². The molecule has 0 spiro atoms. The third kappa shape index (κ3) is 5.07. The average molecular weight is 560 g/mol. The van der Waals surface area contributed by atoms with Crippen molar-refractivity contribution in [2.75, 3.05) is 6.26 Å². The minimum absolute atomic E-state index is 0.116. The Balaban J connectivity index is 1.30. The zero-order chi connectivity index (χ0) is 27.4. The fourth-order valence-electron chi connectivity index (χ4n) is 6.70. The fraction of sp³-hybridized carbons (Fsp3) is 0.586. The van der Waals surface area contributed by atoms with Gasteiger partial charge in [-0.25, -0.2) is 0 Å². The second kappa shape index (κ2) is 10.4. The first-order valence-corrected chi connectivity index (χ1v) is 15.1. The Bertz CT molecular complexity index is 1300. The van der Waals surface area contributed by atoms with Crippen molar-refractivity contribution in [1.29, 1.82) is 0 Å². The predicted octanol–water partition coefficient (Wildman–Crippen LogP) is 5.59. The minimum atomic E-state index is -0.806. The molecule has 38 heavy (non-hydrogen) atoms. The summed E-state index contributed by atoms with van der Waals surface area (Å²) in [7, 11) is 0. The highest BCUT2D eigenvalue weighted by Gasteiger charge is 2.53. The molecule has 1 aromatic heterocycles. The van der Waals surface area contributed by atoms with E-state index in [1.54, 1.807) is 6.07 Å². The van der Waals surface area contributed by atoms with Crippen LogP contribution in [-0.4, -0.2) is 35.0 Å². The number of carbonyl (C=O) groups excluding carboxylic acids is 1. The normalized spacial score (nSPS) is 27.7. The largest absolute Gasteiger partial charge is 0.448 e. The lowest BCUT2D eigenvalue weighted by Crippen LogP contribution is -2.43. The Morgan fingerprint density at radius 1 is 1.16 bits per heavy atom. The van der Waals surface area contributed by atoms with Crippen LogP contribution < -0.4 is 25.7 Å². The van der Waals surface area contributed by atoms with Crippen LogP contribution in [0.25, 0.3) is 0 Å². The molecule has 0 radical (unpaired) electrons. The third-order valence-corrected chi connectivity index (χ3v) is 9.58. The van der Waals surface area contributed by atoms with Gasteiger partial charge in [-0.15, -0.1) is 11.8 Å². The Labute approximate surface area is 233 Å². The number of nitrogens with one attached hydrogen (secondary N) is 3. The molecule has 206 valence electrons. The molecule has 3 atom stereocenters. The maximum Gasteiger partial charge on any atom is 0.254 e. The molecule has 3 unspecified atom stereocenters. The van der Waals surface area contributed by atoms with E-state index in [1.807, 2.05) is 33.1 Å². The molecule has 0 saturated heterocycles. The molecule has 2 aliphatic carbocycles. The highest BCUT2D eigenvalue weighted by atomic mass is 35.5. The van der Waals surface area contributed by atoms with Gasteiger partial charge in [0.05, 0.1) is 5.02 Å². The number of aromatic nitrogens is 1. The summed E-state index contributed by atoms with van der Waals surface area (Å²) < 4.78 is 12.9. The van der Waals surface area contributed by atoms with Gasteiger partial charge < -0.3 is 25.1 Å². The van der Waals surface area contributed by atoms with E-state index >= 15 is 0 Å². The van der Waals surface area contributed by atoms with E-state index in [0.29, 0.717) is 57.1 Å². The zero-order valence-electron chi connectivity index (χ0n) is 23.0. The highest BCUT2D eigenvalue weighted by Crippen LogP contribution is 2.56. The molecule has 7 nitrogen and oxygen atoms in total. The van der Waals surface area contributed by atoms with Crippen LogP contribution >= 0.6 is 23.4 Å². The molecule has 0 bridgehead atoms. The number of hydrogen-bond donors (Lipinski definition) is 3. The summed E-state index contributed by atoms with van der Waals surface area (Å²) in [5, 5.41) is 6.96. The van der Waals surface area contributed by atoms with E-state index in [1.165, 1.54) is 24.6 Å². The summed E-state index contributed by atoms with van der Waals surface area (Å²) in [5.41, 5.74) is 2.23. The average Bonchev–Trinajstić information content (AvgIpc) is 3.52. The number of halogens is 1. The monoisotopic (exact) mass is 559 g/mol. The van der Waals surface area contributed by atoms with Crippen molar-refractivity contribution in [2.45, 2.75) is 89.6 Å². The van der Waals surface area contributed by atoms with Crippen molar-refractivity contribution in [3.63, 3.8) is 0 Å². The lowest BCUT2D eigenvalue weighted by atomic mass is 9.94. The van der Waals surface area contributed by atoms with E-state index < -0.39 is 5.79 Å². The number of ether oxygens (including phenoxy) is 2. The molecule has 3 aliphatic rings. The van der Waals surface area contributed by atoms with Gasteiger partial charge in [0.2, 0.25) is 0 Å². The van der Waals surface area contributed by atoms with Crippen LogP contribution in [0, 0.1) is 31.6 Å². The van der Waals surface area contributed by atoms with Crippen molar-refractivity contribution < 1.29 is 14.3 Å². The molecule has 1 aromatic carbocycles. The number of carbonyl (C=O) groups is 1. The Hall–Kier alpha value is -2.16. The van der Waals surface area contributed by atoms with E-state index in [-0.39, 0.29) is 23.9 Å². The molecule has 2 saturated carbocycles. The number of aryl methyl sites for hydroxylation is 1. The topological polar surface area (TPSA) is 92.5 Å². The van der Waals surface area contributed by atoms with Crippen molar-refractivity contribution in [3.8, 4) is 11.5 Å². The van der Waals surface area contributed by atoms with Gasteiger partial charge in [0, 0.05) is 58.7 Å². The lowest BCUT2D eigenvalue weighted by Gasteiger charge is -2.30. The molecule has 1 amide bonds. The van der Waals surface area contributed by atoms with E-state index in [0.717, 1.165) is 23.4 Å². The van der Waals surface area contributed by atoms with Crippen molar-refractivity contribution >= 4 is 29.3 Å². The number of H-pyrrole nitrogens is 1. The van der Waals surface area contributed by atoms with Crippen LogP contribution in [0.2, 0.25) is 5.02 Å². The van der Waals surface area contributed by atoms with Crippen LogP contribution in [0.4, 0.5) is 0 Å². The van der Waals surface area contributed by atoms with Gasteiger partial charge >= 0.3 is 0 Å². The van der Waals surface area contributed by atoms with Crippen LogP contribution in [0.3, 0.4) is 0 Å². The lowest BCUT2D eigenvalue weighted by molar-refractivity contribution is -0.110. The molecular weight excluding hydrogens is 522 g/mol. The number of benzene rings is 1. The maximum absolute atomic E-state index is 13.2. The maximum atomic E-state index is 13.2. The summed E-state index contributed by atoms with van der Waals surface area (Å²) in [6, 6.07) is 4.65. The number of fused-ring (bicyclic) bond motifs is 2. The molecular formula is C29H38ClN3O4S. The van der Waals surface area contributed by atoms with E-state index in [9.17, 15) is 9.59 Å². The Morgan fingerprint density at radius 2 is 1.82 bits per heavy atom. The van der Waals surface area contributed by atoms with Crippen LogP contribution in [0.5, 0.6) is 11.5 Å². The van der Waals surface area contributed by atoms with Crippen molar-refractivity contribution in [3.05, 3.63) is 49.9 Å². The van der Waals surface area contributed by atoms with Gasteiger partial charge in [-0.3, -0.25) is 9.59 Å². The molecule has 2 aromatic rings. The SMILES string of the molecule is CSc1cc(C)[nH]c(=O)c1CNC(=O)c1cc(Cl)c2c(c1C)OC(C)(C1CC3CC(NC(C)C)CC3C1)O2. The quantitative estimate of drug-likeness (QED) is 0.383.